The molecule has 0 atom stereocenters. The minimum atomic E-state index is -1.30. The van der Waals surface area contributed by atoms with Crippen LogP contribution in [-0.2, 0) is 19.1 Å². The van der Waals surface area contributed by atoms with Crippen molar-refractivity contribution in [3.8, 4) is 5.75 Å². The van der Waals surface area contributed by atoms with Crippen molar-refractivity contribution in [2.75, 3.05) is 20.3 Å². The third-order valence-electron chi connectivity index (χ3n) is 3.05. The van der Waals surface area contributed by atoms with Crippen molar-refractivity contribution in [1.82, 2.24) is 10.2 Å². The fourth-order valence-corrected chi connectivity index (χ4v) is 1.93. The topological polar surface area (TPSA) is 122 Å². The molecule has 0 aromatic heterocycles. The summed E-state index contributed by atoms with van der Waals surface area (Å²) in [5.41, 5.74) is 0.345. The zero-order valence-corrected chi connectivity index (χ0v) is 12.6. The van der Waals surface area contributed by atoms with E-state index in [1.807, 2.05) is 0 Å². The Morgan fingerprint density at radius 1 is 1.29 bits per heavy atom. The monoisotopic (exact) mass is 334 g/mol. The van der Waals surface area contributed by atoms with Gasteiger partial charge in [0.05, 0.1) is 7.11 Å². The number of benzene rings is 1. The molecule has 0 saturated carbocycles. The van der Waals surface area contributed by atoms with Gasteiger partial charge in [-0.05, 0) is 12.1 Å². The third-order valence-corrected chi connectivity index (χ3v) is 3.05. The van der Waals surface area contributed by atoms with Crippen molar-refractivity contribution in [2.24, 2.45) is 0 Å². The van der Waals surface area contributed by atoms with Crippen LogP contribution >= 0.6 is 0 Å². The highest BCUT2D eigenvalue weighted by atomic mass is 16.6. The van der Waals surface area contributed by atoms with Gasteiger partial charge in [0.15, 0.2) is 6.61 Å². The predicted octanol–water partition coefficient (Wildman–Crippen LogP) is 0.216. The molecule has 126 valence electrons. The van der Waals surface area contributed by atoms with Gasteiger partial charge in [-0.15, -0.1) is 0 Å². The molecule has 24 heavy (non-hydrogen) atoms. The average molecular weight is 334 g/mol. The summed E-state index contributed by atoms with van der Waals surface area (Å²) in [6.45, 7) is -1.05. The second kappa shape index (κ2) is 7.27. The van der Waals surface area contributed by atoms with Gasteiger partial charge in [-0.25, -0.2) is 14.5 Å². The maximum absolute atomic E-state index is 12.1. The lowest BCUT2D eigenvalue weighted by Crippen LogP contribution is -2.35. The number of para-hydroxylation sites is 1. The summed E-state index contributed by atoms with van der Waals surface area (Å²) < 4.78 is 9.78. The minimum absolute atomic E-state index is 0.0876. The number of ether oxygens (including phenoxy) is 2. The predicted molar refractivity (Wildman–Crippen MR) is 79.8 cm³/mol. The van der Waals surface area contributed by atoms with Crippen LogP contribution in [0.1, 0.15) is 5.56 Å². The molecule has 1 heterocycles. The molecule has 0 bridgehead atoms. The quantitative estimate of drug-likeness (QED) is 0.433. The van der Waals surface area contributed by atoms with E-state index in [1.165, 1.54) is 13.2 Å². The van der Waals surface area contributed by atoms with Gasteiger partial charge >= 0.3 is 18.0 Å². The van der Waals surface area contributed by atoms with Crippen molar-refractivity contribution in [2.45, 2.75) is 0 Å². The Morgan fingerprint density at radius 3 is 2.67 bits per heavy atom. The van der Waals surface area contributed by atoms with E-state index in [-0.39, 0.29) is 12.3 Å². The van der Waals surface area contributed by atoms with E-state index in [0.29, 0.717) is 16.2 Å². The first-order chi connectivity index (χ1) is 11.4. The van der Waals surface area contributed by atoms with E-state index in [0.717, 1.165) is 0 Å². The van der Waals surface area contributed by atoms with Crippen LogP contribution in [-0.4, -0.2) is 54.1 Å². The first kappa shape index (κ1) is 17.0. The number of carboxylic acid groups (broad SMARTS) is 1. The summed E-state index contributed by atoms with van der Waals surface area (Å²) in [7, 11) is 1.23. The molecule has 1 aliphatic heterocycles. The number of aliphatic carboxylic acids is 1. The number of imide groups is 1. The Bertz CT molecular complexity index is 726. The van der Waals surface area contributed by atoms with E-state index in [9.17, 15) is 19.2 Å². The molecule has 1 aliphatic rings. The number of nitrogens with zero attached hydrogens (tertiary/aromatic N) is 1. The number of carbonyl (C=O) groups is 4. The van der Waals surface area contributed by atoms with Gasteiger partial charge < -0.3 is 19.9 Å². The number of esters is 1. The number of hydrogen-bond donors (Lipinski definition) is 2. The first-order valence-corrected chi connectivity index (χ1v) is 6.77. The molecule has 1 aromatic carbocycles. The van der Waals surface area contributed by atoms with E-state index >= 15 is 0 Å². The first-order valence-electron chi connectivity index (χ1n) is 6.77. The van der Waals surface area contributed by atoms with E-state index < -0.39 is 30.4 Å². The molecule has 2 rings (SSSR count). The highest BCUT2D eigenvalue weighted by molar-refractivity contribution is 6.15. The van der Waals surface area contributed by atoms with Crippen LogP contribution in [0.5, 0.6) is 5.75 Å². The lowest BCUT2D eigenvalue weighted by Gasteiger charge is -2.08. The fraction of sp³-hybridized carbons (Fsp3) is 0.200. The van der Waals surface area contributed by atoms with Crippen molar-refractivity contribution in [3.63, 3.8) is 0 Å². The number of urea groups is 1. The Balaban J connectivity index is 2.22. The van der Waals surface area contributed by atoms with Gasteiger partial charge in [-0.1, -0.05) is 18.2 Å². The van der Waals surface area contributed by atoms with E-state index in [1.54, 1.807) is 24.3 Å². The normalized spacial score (nSPS) is 15.4. The molecule has 9 nitrogen and oxygen atoms in total. The van der Waals surface area contributed by atoms with Crippen molar-refractivity contribution < 1.29 is 33.8 Å². The Labute approximate surface area is 136 Å². The second-order valence-corrected chi connectivity index (χ2v) is 4.68. The molecule has 0 radical (unpaired) electrons. The molecule has 0 aliphatic carbocycles. The maximum atomic E-state index is 12.1. The third kappa shape index (κ3) is 3.88. The lowest BCUT2D eigenvalue weighted by atomic mass is 10.1. The number of carbonyl (C=O) groups excluding carboxylic acids is 3. The molecular formula is C15H14N2O7. The van der Waals surface area contributed by atoms with Crippen molar-refractivity contribution >= 4 is 30.0 Å². The van der Waals surface area contributed by atoms with Gasteiger partial charge in [0.2, 0.25) is 0 Å². The van der Waals surface area contributed by atoms with Crippen LogP contribution in [0.3, 0.4) is 0 Å². The van der Waals surface area contributed by atoms with E-state index in [2.05, 4.69) is 10.1 Å². The molecular weight excluding hydrogens is 320 g/mol. The lowest BCUT2D eigenvalue weighted by molar-refractivity contribution is -0.143. The number of amides is 3. The van der Waals surface area contributed by atoms with Crippen LogP contribution in [0.2, 0.25) is 0 Å². The standard InChI is InChI=1S/C15H14N2O7/c1-23-13(20)8-24-11-5-3-2-4-9(11)6-10-14(21)17(7-12(18)19)15(22)16-10/h2-6H,7-8H2,1H3,(H,16,22)(H,18,19)/b10-6+. The molecule has 9 heteroatoms. The molecule has 1 fully saturated rings. The minimum Gasteiger partial charge on any atom is -0.481 e. The number of carboxylic acids is 1. The molecule has 0 spiro atoms. The fourth-order valence-electron chi connectivity index (χ4n) is 1.93. The highest BCUT2D eigenvalue weighted by Gasteiger charge is 2.35. The largest absolute Gasteiger partial charge is 0.481 e. The zero-order chi connectivity index (χ0) is 17.7. The van der Waals surface area contributed by atoms with Gasteiger partial charge in [-0.3, -0.25) is 9.59 Å². The summed E-state index contributed by atoms with van der Waals surface area (Å²) in [5, 5.41) is 11.0. The molecule has 1 aromatic rings. The Hall–Kier alpha value is -3.36. The molecule has 1 saturated heterocycles. The Kier molecular flexibility index (Phi) is 5.15. The second-order valence-electron chi connectivity index (χ2n) is 4.68. The summed E-state index contributed by atoms with van der Waals surface area (Å²) in [5.74, 6) is -2.34. The molecule has 3 amide bonds. The van der Waals surface area contributed by atoms with Gasteiger partial charge in [0, 0.05) is 5.56 Å². The van der Waals surface area contributed by atoms with Gasteiger partial charge in [0.25, 0.3) is 5.91 Å². The van der Waals surface area contributed by atoms with Crippen LogP contribution in [0.15, 0.2) is 30.0 Å². The number of methoxy groups -OCH3 is 1. The Morgan fingerprint density at radius 2 is 2.00 bits per heavy atom. The van der Waals surface area contributed by atoms with Crippen LogP contribution in [0, 0.1) is 0 Å². The summed E-state index contributed by atoms with van der Waals surface area (Å²) in [4.78, 5) is 46.1. The van der Waals surface area contributed by atoms with Crippen LogP contribution < -0.4 is 10.1 Å². The zero-order valence-electron chi connectivity index (χ0n) is 12.6. The van der Waals surface area contributed by atoms with Crippen LogP contribution in [0.25, 0.3) is 6.08 Å². The maximum Gasteiger partial charge on any atom is 0.343 e. The van der Waals surface area contributed by atoms with E-state index in [4.69, 9.17) is 9.84 Å². The molecule has 2 N–H and O–H groups in total. The van der Waals surface area contributed by atoms with Crippen LogP contribution in [0.4, 0.5) is 4.79 Å². The summed E-state index contributed by atoms with van der Waals surface area (Å²) >= 11 is 0. The summed E-state index contributed by atoms with van der Waals surface area (Å²) in [6.07, 6.45) is 1.34. The van der Waals surface area contributed by atoms with Crippen molar-refractivity contribution in [1.29, 1.82) is 0 Å². The van der Waals surface area contributed by atoms with Gasteiger partial charge in [-0.2, -0.15) is 0 Å². The number of hydrogen-bond acceptors (Lipinski definition) is 6. The average Bonchev–Trinajstić information content (AvgIpc) is 2.81. The smallest absolute Gasteiger partial charge is 0.343 e. The highest BCUT2D eigenvalue weighted by Crippen LogP contribution is 2.22. The number of nitrogens with one attached hydrogen (secondary N) is 1. The number of rotatable bonds is 6. The summed E-state index contributed by atoms with van der Waals surface area (Å²) in [6, 6.07) is 5.71. The molecule has 0 unspecified atom stereocenters. The SMILES string of the molecule is COC(=O)COc1ccccc1/C=C1/NC(=O)N(CC(=O)O)C1=O. The van der Waals surface area contributed by atoms with Gasteiger partial charge in [0.1, 0.15) is 18.0 Å². The van der Waals surface area contributed by atoms with Crippen molar-refractivity contribution in [3.05, 3.63) is 35.5 Å².